The van der Waals surface area contributed by atoms with E-state index >= 15 is 4.39 Å². The summed E-state index contributed by atoms with van der Waals surface area (Å²) >= 11 is 11.9. The van der Waals surface area contributed by atoms with Gasteiger partial charge in [-0.25, -0.2) is 14.5 Å². The number of aromatic nitrogens is 4. The van der Waals surface area contributed by atoms with Gasteiger partial charge < -0.3 is 34.1 Å². The number of hydrogen-bond donors (Lipinski definition) is 3. The molecule has 0 bridgehead atoms. The van der Waals surface area contributed by atoms with Gasteiger partial charge in [-0.3, -0.25) is 9.36 Å². The number of aliphatic hydroxyl groups is 1. The summed E-state index contributed by atoms with van der Waals surface area (Å²) in [4.78, 5) is 24.8. The first-order chi connectivity index (χ1) is 19.3. The summed E-state index contributed by atoms with van der Waals surface area (Å²) in [5.41, 5.74) is 6.09. The number of halogens is 2. The van der Waals surface area contributed by atoms with Crippen LogP contribution in [-0.4, -0.2) is 73.3 Å². The quantitative estimate of drug-likeness (QED) is 0.152. The fourth-order valence-electron chi connectivity index (χ4n) is 3.93. The number of nitrogens with two attached hydrogens (primary N) is 1. The second kappa shape index (κ2) is 12.7. The van der Waals surface area contributed by atoms with Crippen LogP contribution < -0.4 is 20.1 Å². The molecular formula is C24H31ClFN6O7PS. The zero-order valence-corrected chi connectivity index (χ0v) is 25.1. The van der Waals surface area contributed by atoms with Crippen LogP contribution >= 0.6 is 18.2 Å². The van der Waals surface area contributed by atoms with Crippen LogP contribution in [0.1, 0.15) is 33.9 Å². The Kier molecular flexibility index (Phi) is 9.69. The molecule has 6 unspecified atom stereocenters. The number of alkyl halides is 2. The van der Waals surface area contributed by atoms with Crippen molar-refractivity contribution >= 4 is 53.1 Å². The molecule has 6 atom stereocenters. The Hall–Kier alpha value is -2.65. The van der Waals surface area contributed by atoms with Crippen molar-refractivity contribution in [3.63, 3.8) is 0 Å². The Morgan fingerprint density at radius 1 is 1.34 bits per heavy atom. The van der Waals surface area contributed by atoms with E-state index in [0.717, 1.165) is 0 Å². The van der Waals surface area contributed by atoms with Crippen LogP contribution in [0.5, 0.6) is 11.6 Å². The van der Waals surface area contributed by atoms with Gasteiger partial charge in [0.1, 0.15) is 24.0 Å². The summed E-state index contributed by atoms with van der Waals surface area (Å²) in [7, 11) is 0. The molecule has 1 saturated heterocycles. The van der Waals surface area contributed by atoms with Crippen molar-refractivity contribution in [3.8, 4) is 11.6 Å². The molecule has 2 aromatic heterocycles. The number of anilines is 1. The lowest BCUT2D eigenvalue weighted by atomic mass is 10.1. The molecule has 4 N–H and O–H groups in total. The third kappa shape index (κ3) is 7.05. The maximum atomic E-state index is 15.8. The Balaban J connectivity index is 1.56. The lowest BCUT2D eigenvalue weighted by Crippen LogP contribution is -2.40. The molecule has 1 aliphatic rings. The molecule has 0 amide bonds. The predicted octanol–water partition coefficient (Wildman–Crippen LogP) is 3.22. The molecule has 0 radical (unpaired) electrons. The maximum Gasteiger partial charge on any atom is 0.323 e. The summed E-state index contributed by atoms with van der Waals surface area (Å²) in [6.07, 6.45) is -3.91. The number of ether oxygens (including phenoxy) is 3. The van der Waals surface area contributed by atoms with E-state index in [4.69, 9.17) is 52.4 Å². The largest absolute Gasteiger partial charge is 0.476 e. The molecular weight excluding hydrogens is 602 g/mol. The minimum absolute atomic E-state index is 0.0825. The predicted molar refractivity (Wildman–Crippen MR) is 152 cm³/mol. The second-order valence-electron chi connectivity index (χ2n) is 9.32. The van der Waals surface area contributed by atoms with Crippen LogP contribution in [0.4, 0.5) is 10.3 Å². The highest BCUT2D eigenvalue weighted by atomic mass is 35.5. The monoisotopic (exact) mass is 632 g/mol. The average Bonchev–Trinajstić information content (AvgIpc) is 3.41. The molecule has 41 heavy (non-hydrogen) atoms. The first kappa shape index (κ1) is 31.3. The minimum atomic E-state index is -3.50. The summed E-state index contributed by atoms with van der Waals surface area (Å²) in [5, 5.41) is 10.9. The van der Waals surface area contributed by atoms with Gasteiger partial charge in [-0.15, -0.1) is 0 Å². The van der Waals surface area contributed by atoms with E-state index in [9.17, 15) is 9.90 Å². The second-order valence-corrected chi connectivity index (χ2v) is 13.0. The van der Waals surface area contributed by atoms with E-state index in [-0.39, 0.29) is 35.7 Å². The van der Waals surface area contributed by atoms with Crippen molar-refractivity contribution in [1.29, 1.82) is 0 Å². The first-order valence-corrected chi connectivity index (χ1v) is 15.7. The number of nitrogen functional groups attached to an aromatic ring is 1. The average molecular weight is 633 g/mol. The number of nitrogens with zero attached hydrogens (tertiary/aromatic N) is 4. The van der Waals surface area contributed by atoms with Crippen LogP contribution in [0.2, 0.25) is 0 Å². The molecule has 0 aliphatic carbocycles. The van der Waals surface area contributed by atoms with Crippen molar-refractivity contribution in [3.05, 3.63) is 36.7 Å². The number of carbonyl (C=O) groups is 1. The summed E-state index contributed by atoms with van der Waals surface area (Å²) in [5.74, 6) is -0.255. The number of benzene rings is 1. The molecule has 3 aromatic rings. The fourth-order valence-corrected chi connectivity index (χ4v) is 6.64. The molecule has 13 nitrogen and oxygen atoms in total. The number of hydrogen-bond acceptors (Lipinski definition) is 12. The molecule has 1 aliphatic heterocycles. The molecule has 17 heteroatoms. The molecule has 224 valence electrons. The van der Waals surface area contributed by atoms with Gasteiger partial charge in [-0.1, -0.05) is 29.8 Å². The third-order valence-corrected chi connectivity index (χ3v) is 8.66. The smallest absolute Gasteiger partial charge is 0.323 e. The number of carbonyl (C=O) groups excluding carboxylic acids is 1. The molecule has 3 heterocycles. The normalized spacial score (nSPS) is 24.7. The summed E-state index contributed by atoms with van der Waals surface area (Å²) in [6, 6.07) is 7.64. The number of nitrogens with one attached hydrogen (secondary N) is 1. The minimum Gasteiger partial charge on any atom is -0.476 e. The Labute approximate surface area is 245 Å². The maximum absolute atomic E-state index is 15.8. The van der Waals surface area contributed by atoms with E-state index < -0.39 is 48.8 Å². The SMILES string of the molecule is CCOc1nc(N)nc2c1ncn2C1OC(COP(=S)(NC(C)C(=O)OC(C)C)Oc2ccccc2)C(O)C1(F)Cl. The number of fused-ring (bicyclic) bond motifs is 1. The van der Waals surface area contributed by atoms with Gasteiger partial charge in [0.05, 0.1) is 25.6 Å². The lowest BCUT2D eigenvalue weighted by molar-refractivity contribution is -0.149. The third-order valence-electron chi connectivity index (χ3n) is 5.75. The number of aliphatic hydroxyl groups excluding tert-OH is 1. The fraction of sp³-hybridized carbons (Fsp3) is 0.500. The molecule has 1 fully saturated rings. The van der Waals surface area contributed by atoms with E-state index in [1.807, 2.05) is 0 Å². The van der Waals surface area contributed by atoms with Gasteiger partial charge in [0, 0.05) is 0 Å². The Bertz CT molecular complexity index is 1420. The highest BCUT2D eigenvalue weighted by Crippen LogP contribution is 2.49. The van der Waals surface area contributed by atoms with Gasteiger partial charge in [0.25, 0.3) is 5.13 Å². The van der Waals surface area contributed by atoms with E-state index in [2.05, 4.69) is 20.0 Å². The van der Waals surface area contributed by atoms with Crippen molar-refractivity contribution in [2.45, 2.75) is 63.4 Å². The number of imidazole rings is 1. The molecule has 1 aromatic carbocycles. The van der Waals surface area contributed by atoms with Crippen LogP contribution in [0.25, 0.3) is 11.2 Å². The topological polar surface area (TPSA) is 165 Å². The summed E-state index contributed by atoms with van der Waals surface area (Å²) < 4.78 is 45.4. The van der Waals surface area contributed by atoms with Crippen molar-refractivity contribution < 1.29 is 37.5 Å². The van der Waals surface area contributed by atoms with E-state index in [0.29, 0.717) is 5.75 Å². The Morgan fingerprint density at radius 3 is 2.71 bits per heavy atom. The summed E-state index contributed by atoms with van der Waals surface area (Å²) in [6.45, 7) is 3.04. The van der Waals surface area contributed by atoms with Gasteiger partial charge in [-0.2, -0.15) is 9.97 Å². The standard InChI is InChI=1S/C24H31ClFN6O7PS/c1-5-35-20-17-19(29-23(27)30-20)32(12-28-17)22-24(25,26)18(33)16(38-22)11-36-40(41,39-15-9-7-6-8-10-15)31-14(4)21(34)37-13(2)3/h6-10,12-14,16,18,22,33H,5,11H2,1-4H3,(H,31,41)(H2,27,29,30). The van der Waals surface area contributed by atoms with Crippen LogP contribution in [0, 0.1) is 0 Å². The van der Waals surface area contributed by atoms with Crippen molar-refractivity contribution in [2.24, 2.45) is 0 Å². The van der Waals surface area contributed by atoms with Crippen LogP contribution in [0.15, 0.2) is 36.7 Å². The Morgan fingerprint density at radius 2 is 2.05 bits per heavy atom. The van der Waals surface area contributed by atoms with Crippen molar-refractivity contribution in [1.82, 2.24) is 24.6 Å². The number of rotatable bonds is 12. The number of para-hydroxylation sites is 1. The van der Waals surface area contributed by atoms with Crippen LogP contribution in [-0.2, 0) is 30.6 Å². The van der Waals surface area contributed by atoms with Gasteiger partial charge in [0.2, 0.25) is 11.8 Å². The van der Waals surface area contributed by atoms with Gasteiger partial charge >= 0.3 is 12.6 Å². The number of esters is 1. The van der Waals surface area contributed by atoms with E-state index in [1.54, 1.807) is 58.0 Å². The van der Waals surface area contributed by atoms with Gasteiger partial charge in [0.15, 0.2) is 17.4 Å². The highest BCUT2D eigenvalue weighted by Gasteiger charge is 2.58. The van der Waals surface area contributed by atoms with Crippen LogP contribution in [0.3, 0.4) is 0 Å². The molecule has 4 rings (SSSR count). The molecule has 0 spiro atoms. The zero-order valence-electron chi connectivity index (χ0n) is 22.6. The zero-order chi connectivity index (χ0) is 29.9. The molecule has 0 saturated carbocycles. The first-order valence-electron chi connectivity index (χ1n) is 12.7. The van der Waals surface area contributed by atoms with E-state index in [1.165, 1.54) is 10.9 Å². The lowest BCUT2D eigenvalue weighted by Gasteiger charge is -2.28. The highest BCUT2D eigenvalue weighted by molar-refractivity contribution is 8.09. The van der Waals surface area contributed by atoms with Crippen molar-refractivity contribution in [2.75, 3.05) is 18.9 Å². The van der Waals surface area contributed by atoms with Gasteiger partial charge in [-0.05, 0) is 51.6 Å².